The van der Waals surface area contributed by atoms with Gasteiger partial charge in [0.25, 0.3) is 0 Å². The fourth-order valence-corrected chi connectivity index (χ4v) is 3.03. The van der Waals surface area contributed by atoms with Gasteiger partial charge in [-0.05, 0) is 43.7 Å². The van der Waals surface area contributed by atoms with Crippen molar-refractivity contribution in [2.75, 3.05) is 20.2 Å². The van der Waals surface area contributed by atoms with Crippen LogP contribution in [0, 0.1) is 17.8 Å². The first-order chi connectivity index (χ1) is 6.81. The first-order valence-electron chi connectivity index (χ1n) is 5.59. The largest absolute Gasteiger partial charge is 0.469 e. The molecule has 2 aliphatic rings. The standard InChI is InChI=1S/C11H19NO2/c1-14-11(13)5-8-3-2-4-9-6-12-7-10(8)9/h8-10,12H,2-7H2,1H3. The second-order valence-electron chi connectivity index (χ2n) is 4.55. The van der Waals surface area contributed by atoms with E-state index in [1.54, 1.807) is 0 Å². The van der Waals surface area contributed by atoms with Crippen molar-refractivity contribution in [3.05, 3.63) is 0 Å². The molecule has 14 heavy (non-hydrogen) atoms. The van der Waals surface area contributed by atoms with E-state index in [1.165, 1.54) is 26.4 Å². The van der Waals surface area contributed by atoms with Crippen LogP contribution in [0.25, 0.3) is 0 Å². The fraction of sp³-hybridized carbons (Fsp3) is 0.909. The van der Waals surface area contributed by atoms with Crippen LogP contribution in [0.4, 0.5) is 0 Å². The Hall–Kier alpha value is -0.570. The topological polar surface area (TPSA) is 38.3 Å². The molecule has 3 heteroatoms. The zero-order chi connectivity index (χ0) is 9.97. The molecule has 0 aromatic carbocycles. The molecule has 0 bridgehead atoms. The lowest BCUT2D eigenvalue weighted by Crippen LogP contribution is -2.29. The number of carbonyl (C=O) groups excluding carboxylic acids is 1. The third kappa shape index (κ3) is 1.92. The molecule has 0 amide bonds. The predicted octanol–water partition coefficient (Wildman–Crippen LogP) is 1.19. The number of fused-ring (bicyclic) bond motifs is 1. The molecule has 0 aromatic heterocycles. The molecule has 1 saturated heterocycles. The molecule has 2 fully saturated rings. The highest BCUT2D eigenvalue weighted by Crippen LogP contribution is 2.38. The normalized spacial score (nSPS) is 36.5. The van der Waals surface area contributed by atoms with E-state index in [0.717, 1.165) is 24.9 Å². The summed E-state index contributed by atoms with van der Waals surface area (Å²) in [6, 6.07) is 0. The number of hydrogen-bond donors (Lipinski definition) is 1. The summed E-state index contributed by atoms with van der Waals surface area (Å²) in [6.07, 6.45) is 4.46. The van der Waals surface area contributed by atoms with E-state index >= 15 is 0 Å². The molecule has 1 aliphatic carbocycles. The van der Waals surface area contributed by atoms with Crippen LogP contribution in [0.5, 0.6) is 0 Å². The summed E-state index contributed by atoms with van der Waals surface area (Å²) in [4.78, 5) is 11.2. The van der Waals surface area contributed by atoms with E-state index in [2.05, 4.69) is 5.32 Å². The highest BCUT2D eigenvalue weighted by atomic mass is 16.5. The van der Waals surface area contributed by atoms with Gasteiger partial charge in [-0.25, -0.2) is 0 Å². The molecule has 3 nitrogen and oxygen atoms in total. The highest BCUT2D eigenvalue weighted by Gasteiger charge is 2.37. The summed E-state index contributed by atoms with van der Waals surface area (Å²) >= 11 is 0. The number of ether oxygens (including phenoxy) is 1. The van der Waals surface area contributed by atoms with E-state index in [1.807, 2.05) is 0 Å². The number of esters is 1. The van der Waals surface area contributed by atoms with E-state index in [-0.39, 0.29) is 5.97 Å². The number of hydrogen-bond acceptors (Lipinski definition) is 3. The van der Waals surface area contributed by atoms with Crippen molar-refractivity contribution in [1.82, 2.24) is 5.32 Å². The maximum atomic E-state index is 11.2. The van der Waals surface area contributed by atoms with Gasteiger partial charge < -0.3 is 10.1 Å². The van der Waals surface area contributed by atoms with Crippen LogP contribution in [0.1, 0.15) is 25.7 Å². The quantitative estimate of drug-likeness (QED) is 0.676. The van der Waals surface area contributed by atoms with Crippen LogP contribution in [-0.4, -0.2) is 26.2 Å². The zero-order valence-corrected chi connectivity index (χ0v) is 8.79. The molecule has 0 radical (unpaired) electrons. The van der Waals surface area contributed by atoms with Crippen LogP contribution in [0.15, 0.2) is 0 Å². The molecule has 0 aromatic rings. The lowest BCUT2D eigenvalue weighted by Gasteiger charge is -2.32. The first kappa shape index (κ1) is 9.97. The predicted molar refractivity (Wildman–Crippen MR) is 53.8 cm³/mol. The van der Waals surface area contributed by atoms with E-state index in [9.17, 15) is 4.79 Å². The van der Waals surface area contributed by atoms with Gasteiger partial charge in [0.2, 0.25) is 0 Å². The minimum atomic E-state index is -0.0393. The minimum Gasteiger partial charge on any atom is -0.469 e. The third-order valence-corrected chi connectivity index (χ3v) is 3.80. The third-order valence-electron chi connectivity index (χ3n) is 3.80. The van der Waals surface area contributed by atoms with Gasteiger partial charge in [-0.2, -0.15) is 0 Å². The van der Waals surface area contributed by atoms with Crippen LogP contribution in [0.2, 0.25) is 0 Å². The Morgan fingerprint density at radius 1 is 1.43 bits per heavy atom. The summed E-state index contributed by atoms with van der Waals surface area (Å²) in [6.45, 7) is 2.26. The molecule has 0 spiro atoms. The van der Waals surface area contributed by atoms with Gasteiger partial charge in [-0.15, -0.1) is 0 Å². The fourth-order valence-electron chi connectivity index (χ4n) is 3.03. The smallest absolute Gasteiger partial charge is 0.305 e. The van der Waals surface area contributed by atoms with Crippen molar-refractivity contribution in [3.63, 3.8) is 0 Å². The van der Waals surface area contributed by atoms with Gasteiger partial charge in [0.1, 0.15) is 0 Å². The van der Waals surface area contributed by atoms with Crippen molar-refractivity contribution in [1.29, 1.82) is 0 Å². The van der Waals surface area contributed by atoms with Crippen LogP contribution >= 0.6 is 0 Å². The summed E-state index contributed by atoms with van der Waals surface area (Å²) in [5.74, 6) is 2.07. The Labute approximate surface area is 85.2 Å². The SMILES string of the molecule is COC(=O)CC1CCCC2CNCC21. The van der Waals surface area contributed by atoms with E-state index in [0.29, 0.717) is 12.3 Å². The monoisotopic (exact) mass is 197 g/mol. The maximum absolute atomic E-state index is 11.2. The molecule has 1 heterocycles. The second-order valence-corrected chi connectivity index (χ2v) is 4.55. The average Bonchev–Trinajstić information content (AvgIpc) is 2.66. The van der Waals surface area contributed by atoms with Crippen LogP contribution in [-0.2, 0) is 9.53 Å². The van der Waals surface area contributed by atoms with E-state index in [4.69, 9.17) is 4.74 Å². The van der Waals surface area contributed by atoms with Crippen LogP contribution < -0.4 is 5.32 Å². The molecule has 80 valence electrons. The van der Waals surface area contributed by atoms with Crippen molar-refractivity contribution < 1.29 is 9.53 Å². The number of rotatable bonds is 2. The summed E-state index contributed by atoms with van der Waals surface area (Å²) < 4.78 is 4.74. The summed E-state index contributed by atoms with van der Waals surface area (Å²) in [7, 11) is 1.48. The van der Waals surface area contributed by atoms with Crippen molar-refractivity contribution >= 4 is 5.97 Å². The van der Waals surface area contributed by atoms with Gasteiger partial charge in [0.15, 0.2) is 0 Å². The zero-order valence-electron chi connectivity index (χ0n) is 8.79. The van der Waals surface area contributed by atoms with Crippen LogP contribution in [0.3, 0.4) is 0 Å². The Morgan fingerprint density at radius 2 is 2.29 bits per heavy atom. The molecule has 1 saturated carbocycles. The van der Waals surface area contributed by atoms with Crippen molar-refractivity contribution in [2.45, 2.75) is 25.7 Å². The number of nitrogens with one attached hydrogen (secondary N) is 1. The lowest BCUT2D eigenvalue weighted by molar-refractivity contribution is -0.142. The molecule has 3 unspecified atom stereocenters. The Kier molecular flexibility index (Phi) is 3.06. The summed E-state index contributed by atoms with van der Waals surface area (Å²) in [5, 5.41) is 3.43. The Balaban J connectivity index is 1.93. The maximum Gasteiger partial charge on any atom is 0.305 e. The molecular weight excluding hydrogens is 178 g/mol. The molecule has 1 aliphatic heterocycles. The number of carbonyl (C=O) groups is 1. The van der Waals surface area contributed by atoms with Gasteiger partial charge in [0, 0.05) is 6.42 Å². The van der Waals surface area contributed by atoms with Gasteiger partial charge in [-0.1, -0.05) is 6.42 Å². The van der Waals surface area contributed by atoms with Gasteiger partial charge >= 0.3 is 5.97 Å². The Morgan fingerprint density at radius 3 is 3.07 bits per heavy atom. The second kappa shape index (κ2) is 4.30. The average molecular weight is 197 g/mol. The Bertz CT molecular complexity index is 217. The molecule has 1 N–H and O–H groups in total. The summed E-state index contributed by atoms with van der Waals surface area (Å²) in [5.41, 5.74) is 0. The molecule has 2 rings (SSSR count). The number of methoxy groups -OCH3 is 1. The van der Waals surface area contributed by atoms with Crippen molar-refractivity contribution in [3.8, 4) is 0 Å². The van der Waals surface area contributed by atoms with E-state index < -0.39 is 0 Å². The molecule has 3 atom stereocenters. The lowest BCUT2D eigenvalue weighted by atomic mass is 9.72. The minimum absolute atomic E-state index is 0.0393. The first-order valence-corrected chi connectivity index (χ1v) is 5.59. The highest BCUT2D eigenvalue weighted by molar-refractivity contribution is 5.69. The van der Waals surface area contributed by atoms with Crippen molar-refractivity contribution in [2.24, 2.45) is 17.8 Å². The van der Waals surface area contributed by atoms with Gasteiger partial charge in [-0.3, -0.25) is 4.79 Å². The molecular formula is C11H19NO2. The van der Waals surface area contributed by atoms with Gasteiger partial charge in [0.05, 0.1) is 7.11 Å².